The van der Waals surface area contributed by atoms with Crippen molar-refractivity contribution in [3.63, 3.8) is 0 Å². The number of carbonyl (C=O) groups excluding carboxylic acids is 1. The highest BCUT2D eigenvalue weighted by Crippen LogP contribution is 2.32. The molecule has 0 spiro atoms. The molecule has 0 saturated heterocycles. The predicted molar refractivity (Wildman–Crippen MR) is 87.3 cm³/mol. The normalized spacial score (nSPS) is 16.4. The van der Waals surface area contributed by atoms with Crippen molar-refractivity contribution in [2.24, 2.45) is 0 Å². The number of amides is 1. The number of nitrogens with one attached hydrogen (secondary N) is 2. The molecule has 1 atom stereocenters. The van der Waals surface area contributed by atoms with Crippen molar-refractivity contribution in [3.05, 3.63) is 29.3 Å². The van der Waals surface area contributed by atoms with Gasteiger partial charge < -0.3 is 15.4 Å². The van der Waals surface area contributed by atoms with E-state index in [1.165, 1.54) is 6.07 Å². The summed E-state index contributed by atoms with van der Waals surface area (Å²) in [6.07, 6.45) is 3.90. The number of halogens is 3. The second-order valence-corrected chi connectivity index (χ2v) is 5.46. The van der Waals surface area contributed by atoms with Crippen LogP contribution in [0.3, 0.4) is 0 Å². The van der Waals surface area contributed by atoms with E-state index in [1.54, 1.807) is 12.1 Å². The van der Waals surface area contributed by atoms with Gasteiger partial charge in [0.1, 0.15) is 5.75 Å². The van der Waals surface area contributed by atoms with Gasteiger partial charge in [-0.05, 0) is 62.5 Å². The van der Waals surface area contributed by atoms with Crippen molar-refractivity contribution < 1.29 is 18.3 Å². The fraction of sp³-hybridized carbons (Fsp3) is 0.562. The van der Waals surface area contributed by atoms with Crippen LogP contribution in [0.5, 0.6) is 5.75 Å². The highest BCUT2D eigenvalue weighted by Gasteiger charge is 2.22. The van der Waals surface area contributed by atoms with Gasteiger partial charge in [-0.3, -0.25) is 4.79 Å². The number of hydrogen-bond donors (Lipinski definition) is 2. The first-order chi connectivity index (χ1) is 10.6. The Hall–Kier alpha value is -1.40. The Kier molecular flexibility index (Phi) is 8.26. The first-order valence-corrected chi connectivity index (χ1v) is 7.61. The molecule has 0 saturated carbocycles. The van der Waals surface area contributed by atoms with Crippen LogP contribution in [0.1, 0.15) is 42.9 Å². The Morgan fingerprint density at radius 2 is 2.22 bits per heavy atom. The third-order valence-electron chi connectivity index (χ3n) is 3.82. The maximum absolute atomic E-state index is 12.3. The number of hydrogen-bond acceptors (Lipinski definition) is 3. The molecule has 1 aromatic rings. The third kappa shape index (κ3) is 5.95. The fourth-order valence-corrected chi connectivity index (χ4v) is 2.81. The second-order valence-electron chi connectivity index (χ2n) is 5.46. The molecule has 0 bridgehead atoms. The van der Waals surface area contributed by atoms with Crippen molar-refractivity contribution in [1.82, 2.24) is 10.6 Å². The maximum Gasteiger partial charge on any atom is 0.387 e. The molecule has 0 heterocycles. The van der Waals surface area contributed by atoms with Gasteiger partial charge in [0.15, 0.2) is 0 Å². The lowest BCUT2D eigenvalue weighted by molar-refractivity contribution is -0.122. The lowest BCUT2D eigenvalue weighted by Crippen LogP contribution is -2.31. The van der Waals surface area contributed by atoms with Crippen LogP contribution in [0.25, 0.3) is 0 Å². The van der Waals surface area contributed by atoms with Crippen LogP contribution in [0, 0.1) is 0 Å². The van der Waals surface area contributed by atoms with Crippen molar-refractivity contribution in [2.75, 3.05) is 13.6 Å². The van der Waals surface area contributed by atoms with Crippen molar-refractivity contribution in [3.8, 4) is 5.75 Å². The molecule has 7 heteroatoms. The quantitative estimate of drug-likeness (QED) is 0.744. The van der Waals surface area contributed by atoms with Crippen LogP contribution in [0.4, 0.5) is 8.78 Å². The van der Waals surface area contributed by atoms with Gasteiger partial charge in [0.25, 0.3) is 0 Å². The van der Waals surface area contributed by atoms with E-state index < -0.39 is 6.61 Å². The number of benzene rings is 1. The summed E-state index contributed by atoms with van der Waals surface area (Å²) in [6.45, 7) is -2.01. The van der Waals surface area contributed by atoms with Gasteiger partial charge in [-0.15, -0.1) is 12.4 Å². The molecule has 1 unspecified atom stereocenters. The van der Waals surface area contributed by atoms with Crippen LogP contribution < -0.4 is 15.4 Å². The van der Waals surface area contributed by atoms with Crippen LogP contribution in [-0.2, 0) is 11.2 Å². The van der Waals surface area contributed by atoms with Crippen molar-refractivity contribution in [2.45, 2.75) is 44.8 Å². The van der Waals surface area contributed by atoms with Gasteiger partial charge in [-0.25, -0.2) is 0 Å². The summed E-state index contributed by atoms with van der Waals surface area (Å²) in [4.78, 5) is 11.9. The zero-order chi connectivity index (χ0) is 15.9. The molecular formula is C16H23ClF2N2O2. The summed E-state index contributed by atoms with van der Waals surface area (Å²) in [5.74, 6) is 0.204. The zero-order valence-corrected chi connectivity index (χ0v) is 13.9. The van der Waals surface area contributed by atoms with Crippen molar-refractivity contribution in [1.29, 1.82) is 0 Å². The van der Waals surface area contributed by atoms with E-state index >= 15 is 0 Å². The lowest BCUT2D eigenvalue weighted by Gasteiger charge is -2.27. The summed E-state index contributed by atoms with van der Waals surface area (Å²) in [5, 5.41) is 6.05. The Bertz CT molecular complexity index is 515. The molecular weight excluding hydrogens is 326 g/mol. The fourth-order valence-electron chi connectivity index (χ4n) is 2.81. The summed E-state index contributed by atoms with van der Waals surface area (Å²) in [7, 11) is 1.86. The van der Waals surface area contributed by atoms with Gasteiger partial charge in [-0.2, -0.15) is 8.78 Å². The Labute approximate surface area is 141 Å². The average Bonchev–Trinajstić information content (AvgIpc) is 2.47. The highest BCUT2D eigenvalue weighted by molar-refractivity contribution is 5.85. The van der Waals surface area contributed by atoms with Crippen LogP contribution in [0.2, 0.25) is 0 Å². The number of fused-ring (bicyclic) bond motifs is 1. The minimum absolute atomic E-state index is 0. The molecule has 1 amide bonds. The van der Waals surface area contributed by atoms with Gasteiger partial charge in [-0.1, -0.05) is 6.07 Å². The molecule has 0 radical (unpaired) electrons. The van der Waals surface area contributed by atoms with E-state index in [1.807, 2.05) is 7.05 Å². The first kappa shape index (κ1) is 19.6. The summed E-state index contributed by atoms with van der Waals surface area (Å²) >= 11 is 0. The third-order valence-corrected chi connectivity index (χ3v) is 3.82. The smallest absolute Gasteiger partial charge is 0.387 e. The highest BCUT2D eigenvalue weighted by atomic mass is 35.5. The Morgan fingerprint density at radius 3 is 2.91 bits per heavy atom. The number of rotatable bonds is 7. The van der Waals surface area contributed by atoms with E-state index in [4.69, 9.17) is 0 Å². The molecule has 0 aliphatic heterocycles. The molecule has 1 aliphatic rings. The molecule has 1 aliphatic carbocycles. The van der Waals surface area contributed by atoms with Gasteiger partial charge >= 0.3 is 6.61 Å². The molecule has 0 aromatic heterocycles. The molecule has 23 heavy (non-hydrogen) atoms. The lowest BCUT2D eigenvalue weighted by atomic mass is 9.87. The van der Waals surface area contributed by atoms with Crippen LogP contribution in [0.15, 0.2) is 18.2 Å². The second kappa shape index (κ2) is 9.67. The van der Waals surface area contributed by atoms with Crippen molar-refractivity contribution >= 4 is 18.3 Å². The molecule has 130 valence electrons. The minimum Gasteiger partial charge on any atom is -0.435 e. The zero-order valence-electron chi connectivity index (χ0n) is 13.1. The molecule has 2 N–H and O–H groups in total. The molecule has 0 fully saturated rings. The van der Waals surface area contributed by atoms with E-state index in [9.17, 15) is 13.6 Å². The number of aryl methyl sites for hydroxylation is 1. The summed E-state index contributed by atoms with van der Waals surface area (Å²) in [5.41, 5.74) is 1.99. The standard InChI is InChI=1S/C16H22F2N2O2.ClH/c1-19-9-3-6-15(21)20-14-5-2-4-11-10-12(22-16(17)18)7-8-13(11)14;/h7-8,10,14,16,19H,2-6,9H2,1H3,(H,20,21);1H. The largest absolute Gasteiger partial charge is 0.435 e. The molecule has 2 rings (SSSR count). The maximum atomic E-state index is 12.3. The Morgan fingerprint density at radius 1 is 1.43 bits per heavy atom. The summed E-state index contributed by atoms with van der Waals surface area (Å²) in [6, 6.07) is 4.94. The predicted octanol–water partition coefficient (Wildman–Crippen LogP) is 3.20. The SMILES string of the molecule is CNCCCC(=O)NC1CCCc2cc(OC(F)F)ccc21.Cl. The van der Waals surface area contributed by atoms with E-state index in [0.717, 1.165) is 43.4 Å². The van der Waals surface area contributed by atoms with Crippen LogP contribution >= 0.6 is 12.4 Å². The van der Waals surface area contributed by atoms with E-state index in [2.05, 4.69) is 15.4 Å². The number of ether oxygens (including phenoxy) is 1. The van der Waals surface area contributed by atoms with Gasteiger partial charge in [0.05, 0.1) is 6.04 Å². The first-order valence-electron chi connectivity index (χ1n) is 7.61. The topological polar surface area (TPSA) is 50.4 Å². The Balaban J connectivity index is 0.00000264. The number of carbonyl (C=O) groups is 1. The number of alkyl halides is 2. The minimum atomic E-state index is -2.82. The monoisotopic (exact) mass is 348 g/mol. The molecule has 1 aromatic carbocycles. The van der Waals surface area contributed by atoms with Gasteiger partial charge in [0.2, 0.25) is 5.91 Å². The molecule has 4 nitrogen and oxygen atoms in total. The van der Waals surface area contributed by atoms with E-state index in [-0.39, 0.29) is 30.1 Å². The van der Waals surface area contributed by atoms with Gasteiger partial charge in [0, 0.05) is 6.42 Å². The average molecular weight is 349 g/mol. The van der Waals surface area contributed by atoms with E-state index in [0.29, 0.717) is 6.42 Å². The summed E-state index contributed by atoms with van der Waals surface area (Å²) < 4.78 is 29.0. The van der Waals surface area contributed by atoms with Crippen LogP contribution in [-0.4, -0.2) is 26.1 Å².